The number of carbonyl (C=O) groups is 1. The smallest absolute Gasteiger partial charge is 0.262 e. The molecule has 150 valence electrons. The molecule has 1 fully saturated rings. The van der Waals surface area contributed by atoms with Crippen LogP contribution in [0.1, 0.15) is 0 Å². The Hall–Kier alpha value is -1.08. The molecule has 28 heavy (non-hydrogen) atoms. The van der Waals surface area contributed by atoms with Gasteiger partial charge in [0, 0.05) is 24.5 Å². The highest BCUT2D eigenvalue weighted by Gasteiger charge is 2.21. The topological polar surface area (TPSA) is 50.8 Å². The average Bonchev–Trinajstić information content (AvgIpc) is 2.72. The first kappa shape index (κ1) is 21.6. The number of benzene rings is 2. The van der Waals surface area contributed by atoms with E-state index in [1.54, 1.807) is 0 Å². The van der Waals surface area contributed by atoms with Crippen LogP contribution in [0, 0.1) is 0 Å². The molecule has 5 nitrogen and oxygen atoms in total. The lowest BCUT2D eigenvalue weighted by atomic mass is 10.2. The SMILES string of the molecule is O=C(COc1c(Cl)c(Cl)c(Cl)c(Cl)c1Cl)Nc1ccc(N2CCOCC2)cc1. The minimum atomic E-state index is -0.395. The Balaban J connectivity index is 1.60. The molecule has 0 radical (unpaired) electrons. The molecule has 0 spiro atoms. The third kappa shape index (κ3) is 4.90. The second kappa shape index (κ2) is 9.61. The van der Waals surface area contributed by atoms with Crippen LogP contribution in [0.15, 0.2) is 24.3 Å². The lowest BCUT2D eigenvalue weighted by molar-refractivity contribution is -0.118. The highest BCUT2D eigenvalue weighted by atomic mass is 35.5. The minimum absolute atomic E-state index is 0.000508. The zero-order valence-corrected chi connectivity index (χ0v) is 18.2. The first-order chi connectivity index (χ1) is 13.4. The van der Waals surface area contributed by atoms with Crippen molar-refractivity contribution >= 4 is 75.3 Å². The monoisotopic (exact) mass is 482 g/mol. The van der Waals surface area contributed by atoms with Crippen molar-refractivity contribution in [3.8, 4) is 5.75 Å². The summed E-state index contributed by atoms with van der Waals surface area (Å²) in [5.41, 5.74) is 1.71. The Kier molecular flexibility index (Phi) is 7.42. The quantitative estimate of drug-likeness (QED) is 0.430. The number of morpholine rings is 1. The van der Waals surface area contributed by atoms with Gasteiger partial charge in [-0.25, -0.2) is 0 Å². The summed E-state index contributed by atoms with van der Waals surface area (Å²) in [6.45, 7) is 2.76. The number of halogens is 5. The van der Waals surface area contributed by atoms with Gasteiger partial charge in [-0.3, -0.25) is 4.79 Å². The molecule has 2 aromatic rings. The Labute approximate surface area is 187 Å². The molecule has 1 aliphatic heterocycles. The first-order valence-electron chi connectivity index (χ1n) is 8.25. The maximum Gasteiger partial charge on any atom is 0.262 e. The van der Waals surface area contributed by atoms with E-state index in [2.05, 4.69) is 10.2 Å². The number of carbonyl (C=O) groups excluding carboxylic acids is 1. The molecule has 0 atom stereocenters. The van der Waals surface area contributed by atoms with Crippen molar-refractivity contribution in [1.82, 2.24) is 0 Å². The number of nitrogens with one attached hydrogen (secondary N) is 1. The number of ether oxygens (including phenoxy) is 2. The van der Waals surface area contributed by atoms with E-state index in [0.29, 0.717) is 18.9 Å². The van der Waals surface area contributed by atoms with Crippen molar-refractivity contribution < 1.29 is 14.3 Å². The minimum Gasteiger partial charge on any atom is -0.481 e. The van der Waals surface area contributed by atoms with E-state index in [1.807, 2.05) is 24.3 Å². The fourth-order valence-corrected chi connectivity index (χ4v) is 3.85. The molecule has 3 rings (SSSR count). The maximum absolute atomic E-state index is 12.2. The molecule has 0 aromatic heterocycles. The Morgan fingerprint density at radius 2 is 1.46 bits per heavy atom. The second-order valence-electron chi connectivity index (χ2n) is 5.88. The van der Waals surface area contributed by atoms with Crippen LogP contribution in [0.5, 0.6) is 5.75 Å². The van der Waals surface area contributed by atoms with Gasteiger partial charge in [-0.2, -0.15) is 0 Å². The average molecular weight is 485 g/mol. The summed E-state index contributed by atoms with van der Waals surface area (Å²) in [6, 6.07) is 7.51. The number of anilines is 2. The molecule has 0 saturated carbocycles. The number of rotatable bonds is 5. The summed E-state index contributed by atoms with van der Waals surface area (Å²) in [6.07, 6.45) is 0. The number of amides is 1. The van der Waals surface area contributed by atoms with Crippen LogP contribution < -0.4 is 15.0 Å². The Bertz CT molecular complexity index is 842. The third-order valence-corrected chi connectivity index (χ3v) is 6.29. The molecule has 2 aromatic carbocycles. The zero-order chi connectivity index (χ0) is 20.3. The van der Waals surface area contributed by atoms with Crippen LogP contribution in [0.2, 0.25) is 25.1 Å². The van der Waals surface area contributed by atoms with Crippen LogP contribution in [0.3, 0.4) is 0 Å². The van der Waals surface area contributed by atoms with E-state index in [4.69, 9.17) is 67.5 Å². The maximum atomic E-state index is 12.2. The highest BCUT2D eigenvalue weighted by Crippen LogP contribution is 2.48. The summed E-state index contributed by atoms with van der Waals surface area (Å²) in [4.78, 5) is 14.4. The first-order valence-corrected chi connectivity index (χ1v) is 10.1. The third-order valence-electron chi connectivity index (χ3n) is 4.04. The van der Waals surface area contributed by atoms with Crippen molar-refractivity contribution in [2.24, 2.45) is 0 Å². The van der Waals surface area contributed by atoms with E-state index in [9.17, 15) is 4.79 Å². The molecule has 1 amide bonds. The molecule has 0 unspecified atom stereocenters. The van der Waals surface area contributed by atoms with Crippen molar-refractivity contribution in [2.75, 3.05) is 43.1 Å². The standard InChI is InChI=1S/C18H15Cl5N2O3/c19-13-14(20)16(22)18(17(23)15(13)21)28-9-12(26)24-10-1-3-11(4-2-10)25-5-7-27-8-6-25/h1-4H,5-9H2,(H,24,26). The Morgan fingerprint density at radius 1 is 0.929 bits per heavy atom. The fourth-order valence-electron chi connectivity index (χ4n) is 2.62. The molecule has 1 aliphatic rings. The van der Waals surface area contributed by atoms with Gasteiger partial charge < -0.3 is 19.7 Å². The number of hydrogen-bond donors (Lipinski definition) is 1. The van der Waals surface area contributed by atoms with Gasteiger partial charge in [0.05, 0.1) is 28.3 Å². The molecule has 0 bridgehead atoms. The predicted molar refractivity (Wildman–Crippen MR) is 115 cm³/mol. The van der Waals surface area contributed by atoms with Crippen LogP contribution >= 0.6 is 58.0 Å². The van der Waals surface area contributed by atoms with E-state index in [1.165, 1.54) is 0 Å². The van der Waals surface area contributed by atoms with Crippen molar-refractivity contribution in [1.29, 1.82) is 0 Å². The van der Waals surface area contributed by atoms with Crippen LogP contribution in [0.4, 0.5) is 11.4 Å². The van der Waals surface area contributed by atoms with Gasteiger partial charge in [-0.05, 0) is 24.3 Å². The fraction of sp³-hybridized carbons (Fsp3) is 0.278. The molecule has 1 heterocycles. The molecular weight excluding hydrogens is 469 g/mol. The van der Waals surface area contributed by atoms with Crippen molar-refractivity contribution in [3.05, 3.63) is 49.4 Å². The lowest BCUT2D eigenvalue weighted by Gasteiger charge is -2.28. The molecule has 0 aliphatic carbocycles. The second-order valence-corrected chi connectivity index (χ2v) is 7.77. The van der Waals surface area contributed by atoms with Gasteiger partial charge in [-0.1, -0.05) is 58.0 Å². The molecular formula is C18H15Cl5N2O3. The van der Waals surface area contributed by atoms with Gasteiger partial charge in [-0.15, -0.1) is 0 Å². The summed E-state index contributed by atoms with van der Waals surface area (Å²) < 4.78 is 10.8. The van der Waals surface area contributed by atoms with Crippen LogP contribution in [-0.4, -0.2) is 38.8 Å². The number of nitrogens with zero attached hydrogens (tertiary/aromatic N) is 1. The summed E-state index contributed by atoms with van der Waals surface area (Å²) in [5.74, 6) is -0.394. The van der Waals surface area contributed by atoms with Gasteiger partial charge >= 0.3 is 0 Å². The summed E-state index contributed by atoms with van der Waals surface area (Å²) >= 11 is 30.1. The van der Waals surface area contributed by atoms with Crippen molar-refractivity contribution in [3.63, 3.8) is 0 Å². The Morgan fingerprint density at radius 3 is 2.04 bits per heavy atom. The molecule has 10 heteroatoms. The van der Waals surface area contributed by atoms with Gasteiger partial charge in [0.15, 0.2) is 12.4 Å². The molecule has 1 saturated heterocycles. The normalized spacial score (nSPS) is 14.1. The summed E-state index contributed by atoms with van der Waals surface area (Å²) in [5, 5.41) is 2.75. The van der Waals surface area contributed by atoms with Gasteiger partial charge in [0.25, 0.3) is 5.91 Å². The zero-order valence-electron chi connectivity index (χ0n) is 14.4. The van der Waals surface area contributed by atoms with E-state index < -0.39 is 5.91 Å². The van der Waals surface area contributed by atoms with E-state index in [0.717, 1.165) is 18.8 Å². The van der Waals surface area contributed by atoms with Crippen molar-refractivity contribution in [2.45, 2.75) is 0 Å². The van der Waals surface area contributed by atoms with E-state index >= 15 is 0 Å². The van der Waals surface area contributed by atoms with Gasteiger partial charge in [0.1, 0.15) is 10.0 Å². The number of hydrogen-bond acceptors (Lipinski definition) is 4. The van der Waals surface area contributed by atoms with E-state index in [-0.39, 0.29) is 37.5 Å². The largest absolute Gasteiger partial charge is 0.481 e. The summed E-state index contributed by atoms with van der Waals surface area (Å²) in [7, 11) is 0. The predicted octanol–water partition coefficient (Wildman–Crippen LogP) is 5.81. The van der Waals surface area contributed by atoms with Gasteiger partial charge in [0.2, 0.25) is 0 Å². The molecule has 1 N–H and O–H groups in total. The van der Waals surface area contributed by atoms with Crippen LogP contribution in [-0.2, 0) is 9.53 Å². The van der Waals surface area contributed by atoms with Crippen LogP contribution in [0.25, 0.3) is 0 Å². The highest BCUT2D eigenvalue weighted by molar-refractivity contribution is 6.55. The lowest BCUT2D eigenvalue weighted by Crippen LogP contribution is -2.36.